The molecule has 3 aromatic rings. The SMILES string of the molecule is Cc1cccc(Cl)c1Nc1cc(-c2ccccn2)nc(NC(C)(C)C)n1. The van der Waals surface area contributed by atoms with E-state index in [-0.39, 0.29) is 5.54 Å². The predicted molar refractivity (Wildman–Crippen MR) is 108 cm³/mol. The number of nitrogens with one attached hydrogen (secondary N) is 2. The molecule has 1 aromatic carbocycles. The molecule has 0 aliphatic rings. The van der Waals surface area contributed by atoms with Crippen molar-refractivity contribution in [3.8, 4) is 11.4 Å². The summed E-state index contributed by atoms with van der Waals surface area (Å²) in [5.41, 5.74) is 3.23. The number of halogens is 1. The van der Waals surface area contributed by atoms with Crippen LogP contribution in [0.4, 0.5) is 17.5 Å². The number of anilines is 3. The van der Waals surface area contributed by atoms with Gasteiger partial charge in [0.15, 0.2) is 0 Å². The van der Waals surface area contributed by atoms with Gasteiger partial charge < -0.3 is 10.6 Å². The van der Waals surface area contributed by atoms with Crippen molar-refractivity contribution in [1.29, 1.82) is 0 Å². The highest BCUT2D eigenvalue weighted by Gasteiger charge is 2.15. The summed E-state index contributed by atoms with van der Waals surface area (Å²) in [6.45, 7) is 8.20. The zero-order chi connectivity index (χ0) is 18.7. The van der Waals surface area contributed by atoms with Crippen molar-refractivity contribution in [2.75, 3.05) is 10.6 Å². The van der Waals surface area contributed by atoms with Crippen molar-refractivity contribution in [3.05, 3.63) is 59.2 Å². The Morgan fingerprint density at radius 3 is 2.42 bits per heavy atom. The molecule has 5 nitrogen and oxygen atoms in total. The van der Waals surface area contributed by atoms with E-state index in [9.17, 15) is 0 Å². The van der Waals surface area contributed by atoms with Crippen molar-refractivity contribution in [2.45, 2.75) is 33.2 Å². The summed E-state index contributed by atoms with van der Waals surface area (Å²) in [6.07, 6.45) is 1.75. The summed E-state index contributed by atoms with van der Waals surface area (Å²) in [6, 6.07) is 13.4. The lowest BCUT2D eigenvalue weighted by Crippen LogP contribution is -2.27. The van der Waals surface area contributed by atoms with Gasteiger partial charge >= 0.3 is 0 Å². The minimum atomic E-state index is -0.166. The second kappa shape index (κ2) is 7.30. The first kappa shape index (κ1) is 18.1. The van der Waals surface area contributed by atoms with E-state index < -0.39 is 0 Å². The molecule has 2 heterocycles. The maximum absolute atomic E-state index is 6.35. The summed E-state index contributed by atoms with van der Waals surface area (Å²) in [5.74, 6) is 1.19. The van der Waals surface area contributed by atoms with E-state index in [1.165, 1.54) is 0 Å². The topological polar surface area (TPSA) is 62.7 Å². The summed E-state index contributed by atoms with van der Waals surface area (Å²) < 4.78 is 0. The quantitative estimate of drug-likeness (QED) is 0.641. The van der Waals surface area contributed by atoms with Crippen LogP contribution in [-0.4, -0.2) is 20.5 Å². The van der Waals surface area contributed by atoms with Gasteiger partial charge in [-0.2, -0.15) is 4.98 Å². The third-order valence-corrected chi connectivity index (χ3v) is 3.93. The van der Waals surface area contributed by atoms with Crippen LogP contribution in [0.2, 0.25) is 5.02 Å². The number of rotatable bonds is 4. The van der Waals surface area contributed by atoms with Crippen molar-refractivity contribution < 1.29 is 0 Å². The molecule has 134 valence electrons. The fourth-order valence-corrected chi connectivity index (χ4v) is 2.74. The van der Waals surface area contributed by atoms with Gasteiger partial charge in [-0.05, 0) is 51.5 Å². The minimum absolute atomic E-state index is 0.166. The molecular formula is C20H22ClN5. The largest absolute Gasteiger partial charge is 0.350 e. The highest BCUT2D eigenvalue weighted by molar-refractivity contribution is 6.33. The van der Waals surface area contributed by atoms with E-state index in [1.54, 1.807) is 6.20 Å². The molecular weight excluding hydrogens is 346 g/mol. The molecule has 0 aliphatic heterocycles. The van der Waals surface area contributed by atoms with E-state index >= 15 is 0 Å². The third-order valence-electron chi connectivity index (χ3n) is 3.62. The number of benzene rings is 1. The molecule has 3 rings (SSSR count). The molecule has 0 radical (unpaired) electrons. The van der Waals surface area contributed by atoms with Gasteiger partial charge in [0.1, 0.15) is 5.82 Å². The zero-order valence-electron chi connectivity index (χ0n) is 15.3. The Kier molecular flexibility index (Phi) is 5.09. The maximum atomic E-state index is 6.35. The van der Waals surface area contributed by atoms with Crippen molar-refractivity contribution in [3.63, 3.8) is 0 Å². The Morgan fingerprint density at radius 2 is 1.77 bits per heavy atom. The van der Waals surface area contributed by atoms with Gasteiger partial charge in [0.05, 0.1) is 22.1 Å². The van der Waals surface area contributed by atoms with E-state index in [2.05, 4.69) is 46.4 Å². The van der Waals surface area contributed by atoms with Gasteiger partial charge in [0.2, 0.25) is 5.95 Å². The van der Waals surface area contributed by atoms with Crippen LogP contribution in [0.5, 0.6) is 0 Å². The Hall–Kier alpha value is -2.66. The number of aromatic nitrogens is 3. The number of pyridine rings is 1. The monoisotopic (exact) mass is 367 g/mol. The minimum Gasteiger partial charge on any atom is -0.350 e. The van der Waals surface area contributed by atoms with E-state index in [0.29, 0.717) is 16.8 Å². The van der Waals surface area contributed by atoms with Gasteiger partial charge in [-0.3, -0.25) is 4.98 Å². The van der Waals surface area contributed by atoms with Crippen LogP contribution in [0.25, 0.3) is 11.4 Å². The van der Waals surface area contributed by atoms with Crippen LogP contribution in [0, 0.1) is 6.92 Å². The molecule has 0 amide bonds. The molecule has 0 fully saturated rings. The number of hydrogen-bond acceptors (Lipinski definition) is 5. The average Bonchev–Trinajstić information content (AvgIpc) is 2.57. The Bertz CT molecular complexity index is 884. The normalized spacial score (nSPS) is 11.3. The maximum Gasteiger partial charge on any atom is 0.225 e. The lowest BCUT2D eigenvalue weighted by atomic mass is 10.1. The fourth-order valence-electron chi connectivity index (χ4n) is 2.47. The molecule has 0 spiro atoms. The van der Waals surface area contributed by atoms with Gasteiger partial charge in [-0.25, -0.2) is 4.98 Å². The summed E-state index contributed by atoms with van der Waals surface area (Å²) in [7, 11) is 0. The molecule has 0 saturated carbocycles. The summed E-state index contributed by atoms with van der Waals surface area (Å²) >= 11 is 6.35. The van der Waals surface area contributed by atoms with E-state index in [4.69, 9.17) is 11.6 Å². The molecule has 6 heteroatoms. The standard InChI is InChI=1S/C20H22ClN5/c1-13-8-7-9-14(21)18(13)24-17-12-16(15-10-5-6-11-22-15)23-19(25-17)26-20(2,3)4/h5-12H,1-4H3,(H2,23,24,25,26). The number of aryl methyl sites for hydroxylation is 1. The second-order valence-corrected chi connectivity index (χ2v) is 7.52. The smallest absolute Gasteiger partial charge is 0.225 e. The number of para-hydroxylation sites is 1. The fraction of sp³-hybridized carbons (Fsp3) is 0.250. The lowest BCUT2D eigenvalue weighted by Gasteiger charge is -2.21. The Labute approximate surface area is 158 Å². The Morgan fingerprint density at radius 1 is 0.962 bits per heavy atom. The van der Waals surface area contributed by atoms with Crippen LogP contribution in [0.15, 0.2) is 48.7 Å². The first-order valence-corrected chi connectivity index (χ1v) is 8.80. The second-order valence-electron chi connectivity index (χ2n) is 7.11. The summed E-state index contributed by atoms with van der Waals surface area (Å²) in [5, 5.41) is 7.30. The van der Waals surface area contributed by atoms with Gasteiger partial charge in [-0.15, -0.1) is 0 Å². The predicted octanol–water partition coefficient (Wildman–Crippen LogP) is 5.45. The first-order chi connectivity index (χ1) is 12.3. The molecule has 26 heavy (non-hydrogen) atoms. The molecule has 0 bridgehead atoms. The zero-order valence-corrected chi connectivity index (χ0v) is 16.1. The molecule has 0 aliphatic carbocycles. The third kappa shape index (κ3) is 4.49. The van der Waals surface area contributed by atoms with Crippen LogP contribution in [-0.2, 0) is 0 Å². The molecule has 2 aromatic heterocycles. The van der Waals surface area contributed by atoms with Crippen LogP contribution >= 0.6 is 11.6 Å². The molecule has 0 saturated heterocycles. The first-order valence-electron chi connectivity index (χ1n) is 8.43. The van der Waals surface area contributed by atoms with E-state index in [0.717, 1.165) is 22.6 Å². The van der Waals surface area contributed by atoms with Gasteiger partial charge in [0, 0.05) is 17.8 Å². The van der Waals surface area contributed by atoms with Crippen LogP contribution in [0.3, 0.4) is 0 Å². The van der Waals surface area contributed by atoms with Gasteiger partial charge in [0.25, 0.3) is 0 Å². The van der Waals surface area contributed by atoms with Crippen molar-refractivity contribution >= 4 is 29.1 Å². The molecule has 0 atom stereocenters. The summed E-state index contributed by atoms with van der Waals surface area (Å²) in [4.78, 5) is 13.6. The van der Waals surface area contributed by atoms with E-state index in [1.807, 2.05) is 49.4 Å². The number of hydrogen-bond donors (Lipinski definition) is 2. The van der Waals surface area contributed by atoms with Crippen molar-refractivity contribution in [2.24, 2.45) is 0 Å². The van der Waals surface area contributed by atoms with Crippen LogP contribution in [0.1, 0.15) is 26.3 Å². The highest BCUT2D eigenvalue weighted by atomic mass is 35.5. The highest BCUT2D eigenvalue weighted by Crippen LogP contribution is 2.30. The van der Waals surface area contributed by atoms with Crippen molar-refractivity contribution in [1.82, 2.24) is 15.0 Å². The lowest BCUT2D eigenvalue weighted by molar-refractivity contribution is 0.626. The molecule has 2 N–H and O–H groups in total. The van der Waals surface area contributed by atoms with Gasteiger partial charge in [-0.1, -0.05) is 29.8 Å². The number of nitrogens with zero attached hydrogens (tertiary/aromatic N) is 3. The Balaban J connectivity index is 2.05. The average molecular weight is 368 g/mol. The van der Waals surface area contributed by atoms with Crippen LogP contribution < -0.4 is 10.6 Å². The molecule has 0 unspecified atom stereocenters.